The quantitative estimate of drug-likeness (QED) is 0.232. The van der Waals surface area contributed by atoms with E-state index in [2.05, 4.69) is 10.3 Å². The summed E-state index contributed by atoms with van der Waals surface area (Å²) in [6, 6.07) is 15.2. The molecule has 5 rings (SSSR count). The summed E-state index contributed by atoms with van der Waals surface area (Å²) < 4.78 is 6.01. The zero-order valence-electron chi connectivity index (χ0n) is 21.8. The van der Waals surface area contributed by atoms with Gasteiger partial charge < -0.3 is 10.1 Å². The molecule has 1 saturated carbocycles. The molecule has 0 unspecified atom stereocenters. The number of carbonyl (C=O) groups excluding carboxylic acids is 2. The van der Waals surface area contributed by atoms with Crippen molar-refractivity contribution in [1.82, 2.24) is 15.3 Å². The molecule has 2 aromatic heterocycles. The third-order valence-corrected chi connectivity index (χ3v) is 8.44. The minimum Gasteiger partial charge on any atom is -0.493 e. The predicted molar refractivity (Wildman–Crippen MR) is 152 cm³/mol. The van der Waals surface area contributed by atoms with E-state index in [4.69, 9.17) is 9.72 Å². The zero-order valence-corrected chi connectivity index (χ0v) is 23.5. The number of amides is 1. The predicted octanol–water partition coefficient (Wildman–Crippen LogP) is 6.52. The number of ketones is 1. The summed E-state index contributed by atoms with van der Waals surface area (Å²) in [5.74, 6) is 1.08. The van der Waals surface area contributed by atoms with Gasteiger partial charge in [-0.25, -0.2) is 9.97 Å². The van der Waals surface area contributed by atoms with Crippen molar-refractivity contribution >= 4 is 34.4 Å². The zero-order chi connectivity index (χ0) is 26.6. The molecule has 0 spiro atoms. The van der Waals surface area contributed by atoms with Gasteiger partial charge in [-0.2, -0.15) is 0 Å². The Morgan fingerprint density at radius 3 is 2.58 bits per heavy atom. The van der Waals surface area contributed by atoms with Crippen molar-refractivity contribution in [3.05, 3.63) is 86.3 Å². The largest absolute Gasteiger partial charge is 0.493 e. The number of benzene rings is 2. The van der Waals surface area contributed by atoms with Crippen molar-refractivity contribution in [2.45, 2.75) is 52.5 Å². The summed E-state index contributed by atoms with van der Waals surface area (Å²) in [7, 11) is 0. The molecule has 38 heavy (non-hydrogen) atoms. The van der Waals surface area contributed by atoms with Crippen molar-refractivity contribution in [1.29, 1.82) is 0 Å². The number of Topliss-reactive ketones (excluding diaryl/α,β-unsaturated/α-hetero) is 1. The van der Waals surface area contributed by atoms with Crippen LogP contribution in [-0.2, 0) is 17.6 Å². The molecular formula is C30H31N3O3S2. The molecule has 1 amide bonds. The molecule has 2 aromatic carbocycles. The second-order valence-electron chi connectivity index (χ2n) is 9.89. The van der Waals surface area contributed by atoms with Crippen LogP contribution in [0.5, 0.6) is 5.75 Å². The lowest BCUT2D eigenvalue weighted by Gasteiger charge is -2.16. The monoisotopic (exact) mass is 545 g/mol. The topological polar surface area (TPSA) is 81.2 Å². The van der Waals surface area contributed by atoms with Gasteiger partial charge in [0.2, 0.25) is 0 Å². The molecule has 6 nitrogen and oxygen atoms in total. The molecular weight excluding hydrogens is 514 g/mol. The van der Waals surface area contributed by atoms with E-state index in [0.717, 1.165) is 37.4 Å². The number of ether oxygens (including phenoxy) is 1. The van der Waals surface area contributed by atoms with Gasteiger partial charge in [-0.3, -0.25) is 9.59 Å². The van der Waals surface area contributed by atoms with E-state index >= 15 is 0 Å². The second-order valence-corrected chi connectivity index (χ2v) is 12.0. The van der Waals surface area contributed by atoms with Crippen LogP contribution in [0.1, 0.15) is 63.0 Å². The summed E-state index contributed by atoms with van der Waals surface area (Å²) in [6.45, 7) is 6.56. The molecule has 0 saturated heterocycles. The molecule has 1 aliphatic rings. The Hall–Kier alpha value is -3.36. The van der Waals surface area contributed by atoms with Crippen LogP contribution < -0.4 is 10.1 Å². The Bertz CT molecular complexity index is 1440. The Morgan fingerprint density at radius 1 is 1.08 bits per heavy atom. The fourth-order valence-electron chi connectivity index (χ4n) is 4.30. The van der Waals surface area contributed by atoms with Crippen LogP contribution in [0.2, 0.25) is 0 Å². The van der Waals surface area contributed by atoms with Crippen LogP contribution in [0, 0.1) is 19.8 Å². The van der Waals surface area contributed by atoms with Gasteiger partial charge in [0.15, 0.2) is 0 Å². The van der Waals surface area contributed by atoms with Gasteiger partial charge in [-0.15, -0.1) is 22.7 Å². The maximum absolute atomic E-state index is 13.2. The van der Waals surface area contributed by atoms with E-state index in [1.54, 1.807) is 23.5 Å². The minimum atomic E-state index is -0.188. The average molecular weight is 546 g/mol. The molecule has 0 radical (unpaired) electrons. The third-order valence-electron chi connectivity index (χ3n) is 6.50. The van der Waals surface area contributed by atoms with Gasteiger partial charge in [-0.1, -0.05) is 30.3 Å². The number of aryl methyl sites for hydroxylation is 2. The first-order valence-electron chi connectivity index (χ1n) is 12.9. The lowest BCUT2D eigenvalue weighted by atomic mass is 10.0. The number of aromatic nitrogens is 2. The molecule has 2 heterocycles. The number of rotatable bonds is 11. The van der Waals surface area contributed by atoms with E-state index in [1.165, 1.54) is 24.2 Å². The van der Waals surface area contributed by atoms with E-state index < -0.39 is 0 Å². The Morgan fingerprint density at radius 2 is 1.87 bits per heavy atom. The number of nitrogens with zero attached hydrogens (tertiary/aromatic N) is 2. The Kier molecular flexibility index (Phi) is 8.00. The smallest absolute Gasteiger partial charge is 0.251 e. The Labute approximate surface area is 231 Å². The van der Waals surface area contributed by atoms with Crippen molar-refractivity contribution in [3.8, 4) is 16.3 Å². The molecule has 8 heteroatoms. The third kappa shape index (κ3) is 6.74. The van der Waals surface area contributed by atoms with Crippen LogP contribution in [0.25, 0.3) is 10.6 Å². The highest BCUT2D eigenvalue weighted by molar-refractivity contribution is 7.16. The first-order chi connectivity index (χ1) is 18.3. The summed E-state index contributed by atoms with van der Waals surface area (Å²) in [5.41, 5.74) is 4.14. The molecule has 1 N–H and O–H groups in total. The molecule has 0 aliphatic heterocycles. The summed E-state index contributed by atoms with van der Waals surface area (Å²) in [5, 5.41) is 6.85. The van der Waals surface area contributed by atoms with Crippen LogP contribution in [-0.4, -0.2) is 28.3 Å². The number of hydrogen-bond donors (Lipinski definition) is 1. The fraction of sp³-hybridized carbons (Fsp3) is 0.333. The molecule has 196 valence electrons. The first kappa shape index (κ1) is 26.3. The molecule has 1 aliphatic carbocycles. The summed E-state index contributed by atoms with van der Waals surface area (Å²) in [4.78, 5) is 36.4. The molecule has 1 atom stereocenters. The molecule has 0 bridgehead atoms. The van der Waals surface area contributed by atoms with Gasteiger partial charge in [-0.05, 0) is 68.9 Å². The van der Waals surface area contributed by atoms with Crippen molar-refractivity contribution < 1.29 is 14.3 Å². The maximum atomic E-state index is 13.2. The van der Waals surface area contributed by atoms with Crippen LogP contribution >= 0.6 is 22.7 Å². The second kappa shape index (κ2) is 11.6. The van der Waals surface area contributed by atoms with Gasteiger partial charge >= 0.3 is 0 Å². The van der Waals surface area contributed by atoms with Crippen molar-refractivity contribution in [2.24, 2.45) is 5.92 Å². The fourth-order valence-corrected chi connectivity index (χ4v) is 6.07. The van der Waals surface area contributed by atoms with E-state index in [0.29, 0.717) is 23.8 Å². The normalized spacial score (nSPS) is 13.8. The van der Waals surface area contributed by atoms with Crippen molar-refractivity contribution in [2.75, 3.05) is 6.61 Å². The lowest BCUT2D eigenvalue weighted by molar-refractivity contribution is -0.117. The van der Waals surface area contributed by atoms with Gasteiger partial charge in [0.1, 0.15) is 16.5 Å². The van der Waals surface area contributed by atoms with Gasteiger partial charge in [0.25, 0.3) is 5.91 Å². The maximum Gasteiger partial charge on any atom is 0.251 e. The number of nitrogens with one attached hydrogen (secondary N) is 1. The Balaban J connectivity index is 1.29. The molecule has 1 fully saturated rings. The summed E-state index contributed by atoms with van der Waals surface area (Å²) in [6.07, 6.45) is 2.82. The average Bonchev–Trinajstić information content (AvgIpc) is 3.52. The van der Waals surface area contributed by atoms with E-state index in [1.807, 2.05) is 62.5 Å². The number of carbonyl (C=O) groups is 2. The highest BCUT2D eigenvalue weighted by atomic mass is 32.1. The van der Waals surface area contributed by atoms with Crippen LogP contribution in [0.4, 0.5) is 0 Å². The highest BCUT2D eigenvalue weighted by Gasteiger charge is 2.23. The lowest BCUT2D eigenvalue weighted by Crippen LogP contribution is -2.26. The number of hydrogen-bond acceptors (Lipinski definition) is 7. The van der Waals surface area contributed by atoms with Gasteiger partial charge in [0, 0.05) is 17.4 Å². The number of thiazole rings is 2. The van der Waals surface area contributed by atoms with Gasteiger partial charge in [0.05, 0.1) is 40.3 Å². The standard InChI is InChI=1S/C30H31N3O3S2/c1-18(23-7-5-4-6-8-23)32-30(35)24-11-22(13-26(14-24)36-16-21-9-10-21)12-25(34)15-28-33-27(17-37-28)29-19(2)31-20(3)38-29/h4-8,11,13-14,17-18,21H,9-10,12,15-16H2,1-3H3,(H,32,35)/t18-/m0/s1. The first-order valence-corrected chi connectivity index (χ1v) is 14.6. The van der Waals surface area contributed by atoms with Crippen LogP contribution in [0.15, 0.2) is 53.9 Å². The van der Waals surface area contributed by atoms with Crippen molar-refractivity contribution in [3.63, 3.8) is 0 Å². The minimum absolute atomic E-state index is 0.0476. The van der Waals surface area contributed by atoms with E-state index in [9.17, 15) is 9.59 Å². The van der Waals surface area contributed by atoms with Crippen LogP contribution in [0.3, 0.4) is 0 Å². The van der Waals surface area contributed by atoms with E-state index in [-0.39, 0.29) is 30.6 Å². The molecule has 4 aromatic rings. The highest BCUT2D eigenvalue weighted by Crippen LogP contribution is 2.32. The SMILES string of the molecule is Cc1nc(C)c(-c2csc(CC(=O)Cc3cc(OCC4CC4)cc(C(=O)N[C@@H](C)c4ccccc4)c3)n2)s1. The summed E-state index contributed by atoms with van der Waals surface area (Å²) >= 11 is 3.11.